The van der Waals surface area contributed by atoms with Crippen LogP contribution in [-0.2, 0) is 23.7 Å². The highest BCUT2D eigenvalue weighted by molar-refractivity contribution is 5.57. The van der Waals surface area contributed by atoms with E-state index in [0.717, 1.165) is 40.8 Å². The monoisotopic (exact) mass is 503 g/mol. The highest BCUT2D eigenvalue weighted by atomic mass is 16.3. The fourth-order valence-corrected chi connectivity index (χ4v) is 5.28. The van der Waals surface area contributed by atoms with Crippen LogP contribution in [0.4, 0.5) is 0 Å². The smallest absolute Gasteiger partial charge is 0.123 e. The maximum atomic E-state index is 11.8. The summed E-state index contributed by atoms with van der Waals surface area (Å²) in [4.78, 5) is 4.79. The molecule has 0 aliphatic carbocycles. The van der Waals surface area contributed by atoms with Crippen LogP contribution < -0.4 is 0 Å². The number of hydrogen-bond donors (Lipinski definition) is 3. The molecule has 3 aromatic rings. The first-order chi connectivity index (χ1) is 17.4. The van der Waals surface area contributed by atoms with Gasteiger partial charge in [0.1, 0.15) is 5.75 Å². The molecular weight excluding hydrogens is 458 g/mol. The van der Waals surface area contributed by atoms with E-state index in [1.54, 1.807) is 0 Å². The fourth-order valence-electron chi connectivity index (χ4n) is 5.28. The Balaban J connectivity index is 2.40. The molecular formula is C33H45NO3. The van der Waals surface area contributed by atoms with Crippen LogP contribution in [0.15, 0.2) is 48.7 Å². The van der Waals surface area contributed by atoms with Crippen LogP contribution in [0, 0.1) is 6.92 Å². The first kappa shape index (κ1) is 28.9. The van der Waals surface area contributed by atoms with Gasteiger partial charge in [-0.05, 0) is 89.0 Å². The molecule has 1 heterocycles. The number of rotatable bonds is 9. The normalized spacial score (nSPS) is 13.1. The van der Waals surface area contributed by atoms with E-state index in [0.29, 0.717) is 18.6 Å². The first-order valence-corrected chi connectivity index (χ1v) is 13.5. The third-order valence-corrected chi connectivity index (χ3v) is 7.18. The minimum Gasteiger partial charge on any atom is -0.507 e. The first-order valence-electron chi connectivity index (χ1n) is 13.5. The van der Waals surface area contributed by atoms with Gasteiger partial charge in [-0.3, -0.25) is 4.98 Å². The SMILES string of the molecule is Cc1c(C(c2ccccn2)c2cc(CCCO)cc(C(C)(C)C)c2O)cc(CCCO)cc1C(C)(C)C. The summed E-state index contributed by atoms with van der Waals surface area (Å²) in [6, 6.07) is 14.7. The molecule has 4 heteroatoms. The fraction of sp³-hybridized carbons (Fsp3) is 0.485. The zero-order valence-electron chi connectivity index (χ0n) is 23.7. The van der Waals surface area contributed by atoms with Crippen molar-refractivity contribution in [2.45, 2.75) is 90.9 Å². The lowest BCUT2D eigenvalue weighted by molar-refractivity contribution is 0.288. The van der Waals surface area contributed by atoms with Crippen molar-refractivity contribution in [3.05, 3.63) is 93.3 Å². The van der Waals surface area contributed by atoms with Gasteiger partial charge in [-0.25, -0.2) is 0 Å². The summed E-state index contributed by atoms with van der Waals surface area (Å²) in [6.45, 7) is 15.5. The quantitative estimate of drug-likeness (QED) is 0.303. The summed E-state index contributed by atoms with van der Waals surface area (Å²) in [6.07, 6.45) is 4.72. The van der Waals surface area contributed by atoms with Crippen LogP contribution in [0.2, 0.25) is 0 Å². The largest absolute Gasteiger partial charge is 0.507 e. The van der Waals surface area contributed by atoms with Gasteiger partial charge < -0.3 is 15.3 Å². The van der Waals surface area contributed by atoms with Crippen molar-refractivity contribution in [3.8, 4) is 5.75 Å². The number of hydrogen-bond acceptors (Lipinski definition) is 4. The molecule has 37 heavy (non-hydrogen) atoms. The number of aryl methyl sites for hydroxylation is 2. The van der Waals surface area contributed by atoms with Gasteiger partial charge in [-0.2, -0.15) is 0 Å². The molecule has 0 amide bonds. The van der Waals surface area contributed by atoms with Gasteiger partial charge in [0.2, 0.25) is 0 Å². The molecule has 3 rings (SSSR count). The molecule has 0 aliphatic rings. The van der Waals surface area contributed by atoms with Crippen molar-refractivity contribution in [1.29, 1.82) is 0 Å². The predicted octanol–water partition coefficient (Wildman–Crippen LogP) is 6.72. The van der Waals surface area contributed by atoms with Crippen molar-refractivity contribution in [2.24, 2.45) is 0 Å². The molecule has 1 atom stereocenters. The van der Waals surface area contributed by atoms with E-state index < -0.39 is 0 Å². The molecule has 0 fully saturated rings. The Hall–Kier alpha value is -2.69. The summed E-state index contributed by atoms with van der Waals surface area (Å²) in [5.41, 5.74) is 8.23. The van der Waals surface area contributed by atoms with E-state index in [1.807, 2.05) is 24.4 Å². The van der Waals surface area contributed by atoms with Gasteiger partial charge >= 0.3 is 0 Å². The number of aliphatic hydroxyl groups is 2. The Morgan fingerprint density at radius 3 is 1.78 bits per heavy atom. The number of aromatic hydroxyl groups is 1. The van der Waals surface area contributed by atoms with E-state index >= 15 is 0 Å². The van der Waals surface area contributed by atoms with Gasteiger partial charge in [-0.1, -0.05) is 71.9 Å². The molecule has 0 saturated heterocycles. The third kappa shape index (κ3) is 6.80. The lowest BCUT2D eigenvalue weighted by Crippen LogP contribution is -2.19. The van der Waals surface area contributed by atoms with Crippen molar-refractivity contribution < 1.29 is 15.3 Å². The zero-order valence-corrected chi connectivity index (χ0v) is 23.7. The summed E-state index contributed by atoms with van der Waals surface area (Å²) < 4.78 is 0. The Morgan fingerprint density at radius 1 is 0.757 bits per heavy atom. The number of phenolic OH excluding ortho intramolecular Hbond substituents is 1. The summed E-state index contributed by atoms with van der Waals surface area (Å²) in [5, 5.41) is 30.8. The lowest BCUT2D eigenvalue weighted by Gasteiger charge is -2.30. The highest BCUT2D eigenvalue weighted by Crippen LogP contribution is 2.44. The van der Waals surface area contributed by atoms with Gasteiger partial charge in [0.05, 0.1) is 11.6 Å². The molecule has 1 aromatic heterocycles. The second-order valence-corrected chi connectivity index (χ2v) is 12.3. The van der Waals surface area contributed by atoms with Gasteiger partial charge in [0.15, 0.2) is 0 Å². The number of nitrogens with zero attached hydrogens (tertiary/aromatic N) is 1. The lowest BCUT2D eigenvalue weighted by atomic mass is 9.75. The molecule has 3 N–H and O–H groups in total. The van der Waals surface area contributed by atoms with Crippen molar-refractivity contribution in [1.82, 2.24) is 4.98 Å². The third-order valence-electron chi connectivity index (χ3n) is 7.18. The van der Waals surface area contributed by atoms with Crippen LogP contribution in [0.1, 0.15) is 105 Å². The van der Waals surface area contributed by atoms with Crippen LogP contribution >= 0.6 is 0 Å². The van der Waals surface area contributed by atoms with Crippen LogP contribution in [0.3, 0.4) is 0 Å². The van der Waals surface area contributed by atoms with E-state index in [1.165, 1.54) is 16.7 Å². The average Bonchev–Trinajstić information content (AvgIpc) is 2.83. The van der Waals surface area contributed by atoms with Crippen LogP contribution in [-0.4, -0.2) is 33.5 Å². The maximum Gasteiger partial charge on any atom is 0.123 e. The van der Waals surface area contributed by atoms with E-state index in [4.69, 9.17) is 4.98 Å². The van der Waals surface area contributed by atoms with Crippen molar-refractivity contribution >= 4 is 0 Å². The van der Waals surface area contributed by atoms with E-state index in [9.17, 15) is 15.3 Å². The molecule has 0 bridgehead atoms. The number of phenols is 1. The van der Waals surface area contributed by atoms with Crippen molar-refractivity contribution in [2.75, 3.05) is 13.2 Å². The number of pyridine rings is 1. The number of aliphatic hydroxyl groups excluding tert-OH is 2. The average molecular weight is 504 g/mol. The molecule has 0 spiro atoms. The predicted molar refractivity (Wildman–Crippen MR) is 153 cm³/mol. The van der Waals surface area contributed by atoms with Gasteiger partial charge in [0.25, 0.3) is 0 Å². The Bertz CT molecular complexity index is 1110. The van der Waals surface area contributed by atoms with Crippen LogP contribution in [0.5, 0.6) is 5.75 Å². The Kier molecular flexibility index (Phi) is 9.20. The molecule has 1 unspecified atom stereocenters. The standard InChI is InChI=1S/C33H45NO3/c1-22-25(18-23(12-10-16-35)20-27(22)32(2,3)4)30(29-14-8-9-15-34-29)26-19-24(13-11-17-36)21-28(31(26)37)33(5,6)7/h8-9,14-15,18-21,30,35-37H,10-13,16-17H2,1-7H3. The maximum absolute atomic E-state index is 11.8. The second kappa shape index (κ2) is 11.8. The molecule has 4 nitrogen and oxygen atoms in total. The molecule has 0 radical (unpaired) electrons. The molecule has 200 valence electrons. The van der Waals surface area contributed by atoms with E-state index in [2.05, 4.69) is 72.7 Å². The summed E-state index contributed by atoms with van der Waals surface area (Å²) >= 11 is 0. The van der Waals surface area contributed by atoms with Crippen molar-refractivity contribution in [3.63, 3.8) is 0 Å². The zero-order chi connectivity index (χ0) is 27.4. The molecule has 0 saturated carbocycles. The summed E-state index contributed by atoms with van der Waals surface area (Å²) in [7, 11) is 0. The topological polar surface area (TPSA) is 73.6 Å². The Morgan fingerprint density at radius 2 is 1.30 bits per heavy atom. The van der Waals surface area contributed by atoms with E-state index in [-0.39, 0.29) is 30.0 Å². The summed E-state index contributed by atoms with van der Waals surface area (Å²) in [5.74, 6) is 0.0555. The van der Waals surface area contributed by atoms with Gasteiger partial charge in [-0.15, -0.1) is 0 Å². The highest BCUT2D eigenvalue weighted by Gasteiger charge is 2.30. The Labute approximate surface area is 223 Å². The van der Waals surface area contributed by atoms with Gasteiger partial charge in [0, 0.05) is 25.0 Å². The van der Waals surface area contributed by atoms with Crippen LogP contribution in [0.25, 0.3) is 0 Å². The number of benzene rings is 2. The minimum atomic E-state index is -0.258. The molecule has 2 aromatic carbocycles. The number of aromatic nitrogens is 1. The minimum absolute atomic E-state index is 0.0652. The second-order valence-electron chi connectivity index (χ2n) is 12.3. The molecule has 0 aliphatic heterocycles.